The van der Waals surface area contributed by atoms with Gasteiger partial charge in [-0.05, 0) is 23.8 Å². The standard InChI is InChI=1S/C16H13ClF3N3O/c17-11-5-10(7-22-8-11)9-1-2-13(18)12(6-9)16(14(19)20)3-4-24-15(21)23-16/h1-2,5-8,14H,3-4H2,(H2,21,23)/t16-/m0/s1. The average Bonchev–Trinajstić information content (AvgIpc) is 2.55. The zero-order valence-corrected chi connectivity index (χ0v) is 13.1. The van der Waals surface area contributed by atoms with Crippen molar-refractivity contribution in [2.45, 2.75) is 18.4 Å². The van der Waals surface area contributed by atoms with Crippen LogP contribution in [-0.4, -0.2) is 24.0 Å². The number of halogens is 4. The van der Waals surface area contributed by atoms with Crippen molar-refractivity contribution in [2.75, 3.05) is 6.61 Å². The molecule has 1 aliphatic rings. The predicted octanol–water partition coefficient (Wildman–Crippen LogP) is 3.74. The molecule has 0 fully saturated rings. The van der Waals surface area contributed by atoms with E-state index in [1.807, 2.05) is 0 Å². The van der Waals surface area contributed by atoms with Crippen molar-refractivity contribution in [2.24, 2.45) is 10.7 Å². The maximum atomic E-state index is 14.4. The van der Waals surface area contributed by atoms with Gasteiger partial charge in [0.05, 0.1) is 11.6 Å². The van der Waals surface area contributed by atoms with Gasteiger partial charge in [0.2, 0.25) is 0 Å². The number of benzene rings is 1. The molecule has 0 unspecified atom stereocenters. The first-order valence-corrected chi connectivity index (χ1v) is 7.47. The van der Waals surface area contributed by atoms with Gasteiger partial charge in [-0.15, -0.1) is 0 Å². The highest BCUT2D eigenvalue weighted by molar-refractivity contribution is 6.30. The van der Waals surface area contributed by atoms with E-state index in [9.17, 15) is 13.2 Å². The second-order valence-electron chi connectivity index (χ2n) is 5.36. The van der Waals surface area contributed by atoms with E-state index < -0.39 is 17.8 Å². The summed E-state index contributed by atoms with van der Waals surface area (Å²) in [4.78, 5) is 7.69. The van der Waals surface area contributed by atoms with Crippen molar-refractivity contribution in [1.29, 1.82) is 0 Å². The summed E-state index contributed by atoms with van der Waals surface area (Å²) in [6.45, 7) is -0.0674. The first-order valence-electron chi connectivity index (χ1n) is 7.09. The second-order valence-corrected chi connectivity index (χ2v) is 5.80. The van der Waals surface area contributed by atoms with Gasteiger partial charge in [-0.1, -0.05) is 17.7 Å². The van der Waals surface area contributed by atoms with Gasteiger partial charge < -0.3 is 10.5 Å². The van der Waals surface area contributed by atoms with Gasteiger partial charge in [0.15, 0.2) is 5.54 Å². The Balaban J connectivity index is 2.16. The first kappa shape index (κ1) is 16.6. The molecule has 0 saturated heterocycles. The molecular weight excluding hydrogens is 343 g/mol. The van der Waals surface area contributed by atoms with Gasteiger partial charge in [-0.3, -0.25) is 4.98 Å². The summed E-state index contributed by atoms with van der Waals surface area (Å²) in [5.74, 6) is -0.785. The number of aromatic nitrogens is 1. The third kappa shape index (κ3) is 2.91. The monoisotopic (exact) mass is 355 g/mol. The SMILES string of the molecule is NC1=N[C@@](c2cc(-c3cncc(Cl)c3)ccc2F)(C(F)F)CCO1. The Kier molecular flexibility index (Phi) is 4.36. The zero-order valence-electron chi connectivity index (χ0n) is 12.3. The Morgan fingerprint density at radius 2 is 2.00 bits per heavy atom. The molecule has 2 N–H and O–H groups in total. The fraction of sp³-hybridized carbons (Fsp3) is 0.250. The minimum absolute atomic E-state index is 0.0674. The van der Waals surface area contributed by atoms with Crippen molar-refractivity contribution < 1.29 is 17.9 Å². The fourth-order valence-corrected chi connectivity index (χ4v) is 2.85. The lowest BCUT2D eigenvalue weighted by Gasteiger charge is -2.33. The van der Waals surface area contributed by atoms with Crippen molar-refractivity contribution in [3.05, 3.63) is 53.1 Å². The van der Waals surface area contributed by atoms with Crippen molar-refractivity contribution >= 4 is 17.6 Å². The third-order valence-electron chi connectivity index (χ3n) is 3.87. The Hall–Kier alpha value is -2.28. The molecular formula is C16H13ClF3N3O. The number of aliphatic imine (C=N–C) groups is 1. The molecule has 1 aliphatic heterocycles. The molecule has 1 atom stereocenters. The first-order chi connectivity index (χ1) is 11.4. The average molecular weight is 356 g/mol. The molecule has 1 aromatic carbocycles. The van der Waals surface area contributed by atoms with Crippen LogP contribution in [0.2, 0.25) is 5.02 Å². The molecule has 0 spiro atoms. The molecule has 8 heteroatoms. The highest BCUT2D eigenvalue weighted by Crippen LogP contribution is 2.41. The van der Waals surface area contributed by atoms with Crippen molar-refractivity contribution in [3.8, 4) is 11.1 Å². The summed E-state index contributed by atoms with van der Waals surface area (Å²) >= 11 is 5.90. The van der Waals surface area contributed by atoms with E-state index in [1.165, 1.54) is 24.5 Å². The van der Waals surface area contributed by atoms with E-state index in [0.29, 0.717) is 16.1 Å². The fourth-order valence-electron chi connectivity index (χ4n) is 2.67. The van der Waals surface area contributed by atoms with Gasteiger partial charge in [0.25, 0.3) is 12.4 Å². The van der Waals surface area contributed by atoms with Gasteiger partial charge in [0, 0.05) is 29.9 Å². The maximum Gasteiger partial charge on any atom is 0.283 e. The number of nitrogens with zero attached hydrogens (tertiary/aromatic N) is 2. The second kappa shape index (κ2) is 6.32. The van der Waals surface area contributed by atoms with Crippen LogP contribution in [0.5, 0.6) is 0 Å². The van der Waals surface area contributed by atoms with Crippen LogP contribution < -0.4 is 5.73 Å². The van der Waals surface area contributed by atoms with Gasteiger partial charge >= 0.3 is 0 Å². The van der Waals surface area contributed by atoms with E-state index in [0.717, 1.165) is 6.07 Å². The summed E-state index contributed by atoms with van der Waals surface area (Å²) in [5.41, 5.74) is 4.22. The highest BCUT2D eigenvalue weighted by atomic mass is 35.5. The summed E-state index contributed by atoms with van der Waals surface area (Å²) in [5, 5.41) is 0.385. The predicted molar refractivity (Wildman–Crippen MR) is 84.5 cm³/mol. The van der Waals surface area contributed by atoms with Crippen LogP contribution in [-0.2, 0) is 10.3 Å². The molecule has 3 rings (SSSR count). The van der Waals surface area contributed by atoms with E-state index in [-0.39, 0.29) is 24.6 Å². The quantitative estimate of drug-likeness (QED) is 0.912. The number of ether oxygens (including phenoxy) is 1. The molecule has 1 aromatic heterocycles. The van der Waals surface area contributed by atoms with E-state index in [1.54, 1.807) is 6.07 Å². The number of hydrogen-bond acceptors (Lipinski definition) is 4. The molecule has 0 saturated carbocycles. The highest BCUT2D eigenvalue weighted by Gasteiger charge is 2.46. The lowest BCUT2D eigenvalue weighted by Crippen LogP contribution is -2.41. The normalized spacial score (nSPS) is 20.6. The van der Waals surface area contributed by atoms with Crippen molar-refractivity contribution in [1.82, 2.24) is 4.98 Å². The Morgan fingerprint density at radius 3 is 2.67 bits per heavy atom. The van der Waals surface area contributed by atoms with Crippen LogP contribution >= 0.6 is 11.6 Å². The number of pyridine rings is 1. The van der Waals surface area contributed by atoms with Gasteiger partial charge in [0.1, 0.15) is 5.82 Å². The summed E-state index contributed by atoms with van der Waals surface area (Å²) < 4.78 is 46.9. The van der Waals surface area contributed by atoms with E-state index in [4.69, 9.17) is 22.1 Å². The van der Waals surface area contributed by atoms with Crippen LogP contribution in [0.4, 0.5) is 13.2 Å². The van der Waals surface area contributed by atoms with Crippen LogP contribution in [0.15, 0.2) is 41.7 Å². The molecule has 126 valence electrons. The molecule has 0 amide bonds. The largest absolute Gasteiger partial charge is 0.465 e. The summed E-state index contributed by atoms with van der Waals surface area (Å²) in [6, 6.07) is 5.16. The maximum absolute atomic E-state index is 14.4. The Morgan fingerprint density at radius 1 is 1.21 bits per heavy atom. The molecule has 2 heterocycles. The molecule has 24 heavy (non-hydrogen) atoms. The number of nitrogens with two attached hydrogens (primary N) is 1. The summed E-state index contributed by atoms with van der Waals surface area (Å²) in [6.07, 6.45) is -0.166. The number of rotatable bonds is 3. The van der Waals surface area contributed by atoms with Crippen LogP contribution in [0.3, 0.4) is 0 Å². The number of hydrogen-bond donors (Lipinski definition) is 1. The topological polar surface area (TPSA) is 60.5 Å². The van der Waals surface area contributed by atoms with E-state index in [2.05, 4.69) is 9.98 Å². The number of amidine groups is 1. The van der Waals surface area contributed by atoms with Crippen LogP contribution in [0.25, 0.3) is 11.1 Å². The molecule has 0 radical (unpaired) electrons. The Bertz CT molecular complexity index is 800. The minimum Gasteiger partial charge on any atom is -0.465 e. The minimum atomic E-state index is -2.94. The van der Waals surface area contributed by atoms with Crippen molar-refractivity contribution in [3.63, 3.8) is 0 Å². The molecule has 0 bridgehead atoms. The molecule has 2 aromatic rings. The lowest BCUT2D eigenvalue weighted by molar-refractivity contribution is 0.0247. The van der Waals surface area contributed by atoms with E-state index >= 15 is 0 Å². The zero-order chi connectivity index (χ0) is 17.3. The number of alkyl halides is 2. The Labute approximate surface area is 141 Å². The summed E-state index contributed by atoms with van der Waals surface area (Å²) in [7, 11) is 0. The van der Waals surface area contributed by atoms with Crippen LogP contribution in [0, 0.1) is 5.82 Å². The third-order valence-corrected chi connectivity index (χ3v) is 4.08. The smallest absolute Gasteiger partial charge is 0.283 e. The van der Waals surface area contributed by atoms with Crippen LogP contribution in [0.1, 0.15) is 12.0 Å². The molecule has 4 nitrogen and oxygen atoms in total. The molecule has 0 aliphatic carbocycles. The lowest BCUT2D eigenvalue weighted by atomic mass is 9.85. The van der Waals surface area contributed by atoms with Gasteiger partial charge in [-0.2, -0.15) is 0 Å². The van der Waals surface area contributed by atoms with Gasteiger partial charge in [-0.25, -0.2) is 18.2 Å².